The molecule has 2 aromatic rings. The van der Waals surface area contributed by atoms with Crippen LogP contribution in [0.2, 0.25) is 0 Å². The van der Waals surface area contributed by atoms with Gasteiger partial charge >= 0.3 is 0 Å². The average molecular weight is 355 g/mol. The first-order valence-electron chi connectivity index (χ1n) is 7.12. The Hall–Kier alpha value is -2.26. The van der Waals surface area contributed by atoms with Crippen LogP contribution in [0, 0.1) is 0 Å². The van der Waals surface area contributed by atoms with E-state index in [-0.39, 0.29) is 31.0 Å². The van der Waals surface area contributed by atoms with E-state index < -0.39 is 9.84 Å². The molecule has 7 nitrogen and oxygen atoms in total. The van der Waals surface area contributed by atoms with Gasteiger partial charge in [0.25, 0.3) is 5.56 Å². The van der Waals surface area contributed by atoms with Gasteiger partial charge in [-0.15, -0.1) is 0 Å². The minimum Gasteiger partial charge on any atom is -0.489 e. The average Bonchev–Trinajstić information content (AvgIpc) is 2.54. The van der Waals surface area contributed by atoms with E-state index in [1.807, 2.05) is 0 Å². The highest BCUT2D eigenvalue weighted by Gasteiger charge is 2.09. The molecule has 9 heteroatoms. The number of nitrogens with two attached hydrogens (primary N) is 1. The second-order valence-electron chi connectivity index (χ2n) is 5.31. The Balaban J connectivity index is 2.24. The summed E-state index contributed by atoms with van der Waals surface area (Å²) < 4.78 is 41.4. The molecule has 1 heterocycles. The summed E-state index contributed by atoms with van der Waals surface area (Å²) >= 11 is 0. The number of aryl methyl sites for hydroxylation is 1. The zero-order valence-electron chi connectivity index (χ0n) is 13.1. The molecule has 130 valence electrons. The van der Waals surface area contributed by atoms with Gasteiger partial charge in [-0.05, 0) is 18.2 Å². The van der Waals surface area contributed by atoms with Crippen molar-refractivity contribution >= 4 is 20.6 Å². The highest BCUT2D eigenvalue weighted by molar-refractivity contribution is 7.90. The molecule has 0 saturated heterocycles. The molecule has 0 atom stereocenters. The van der Waals surface area contributed by atoms with Crippen LogP contribution < -0.4 is 16.0 Å². The fraction of sp³-hybridized carbons (Fsp3) is 0.333. The van der Waals surface area contributed by atoms with E-state index in [1.54, 1.807) is 18.2 Å². The summed E-state index contributed by atoms with van der Waals surface area (Å²) in [5.74, 6) is 0.287. The molecule has 1 aromatic carbocycles. The molecule has 0 fully saturated rings. The molecule has 0 radical (unpaired) electrons. The van der Waals surface area contributed by atoms with E-state index in [4.69, 9.17) is 10.5 Å². The zero-order chi connectivity index (χ0) is 17.7. The number of hydrogen-bond acceptors (Lipinski definition) is 6. The van der Waals surface area contributed by atoms with Gasteiger partial charge in [0.2, 0.25) is 0 Å². The molecule has 0 aliphatic rings. The van der Waals surface area contributed by atoms with Crippen molar-refractivity contribution in [2.45, 2.75) is 6.54 Å². The highest BCUT2D eigenvalue weighted by atomic mass is 32.2. The number of sulfone groups is 1. The van der Waals surface area contributed by atoms with E-state index in [0.717, 1.165) is 10.9 Å². The SMILES string of the molecule is CS(=O)(=O)CCn1ncc2cc(OCC(=CF)CN)ccc2c1=O. The van der Waals surface area contributed by atoms with Gasteiger partial charge in [-0.25, -0.2) is 17.5 Å². The summed E-state index contributed by atoms with van der Waals surface area (Å²) in [7, 11) is -3.19. The summed E-state index contributed by atoms with van der Waals surface area (Å²) in [4.78, 5) is 12.3. The minimum absolute atomic E-state index is 0.00693. The molecule has 0 aliphatic carbocycles. The smallest absolute Gasteiger partial charge is 0.274 e. The van der Waals surface area contributed by atoms with Crippen LogP contribution in [0.5, 0.6) is 5.75 Å². The Kier molecular flexibility index (Phi) is 5.68. The van der Waals surface area contributed by atoms with Crippen LogP contribution in [0.25, 0.3) is 10.8 Å². The molecule has 24 heavy (non-hydrogen) atoms. The number of aromatic nitrogens is 2. The lowest BCUT2D eigenvalue weighted by molar-refractivity contribution is 0.348. The van der Waals surface area contributed by atoms with E-state index in [2.05, 4.69) is 5.10 Å². The Morgan fingerprint density at radius 2 is 2.21 bits per heavy atom. The fourth-order valence-corrected chi connectivity index (χ4v) is 2.48. The predicted octanol–water partition coefficient (Wildman–Crippen LogP) is 0.632. The largest absolute Gasteiger partial charge is 0.489 e. The Bertz CT molecular complexity index is 922. The monoisotopic (exact) mass is 355 g/mol. The van der Waals surface area contributed by atoms with Crippen LogP contribution in [0.15, 0.2) is 41.1 Å². The van der Waals surface area contributed by atoms with Crippen molar-refractivity contribution in [1.82, 2.24) is 9.78 Å². The van der Waals surface area contributed by atoms with Crippen LogP contribution in [-0.2, 0) is 16.4 Å². The van der Waals surface area contributed by atoms with Gasteiger partial charge in [-0.3, -0.25) is 4.79 Å². The van der Waals surface area contributed by atoms with Crippen molar-refractivity contribution in [3.05, 3.63) is 46.7 Å². The number of fused-ring (bicyclic) bond motifs is 1. The van der Waals surface area contributed by atoms with Crippen LogP contribution >= 0.6 is 0 Å². The molecular formula is C15H18FN3O4S. The zero-order valence-corrected chi connectivity index (χ0v) is 13.9. The van der Waals surface area contributed by atoms with Gasteiger partial charge < -0.3 is 10.5 Å². The number of ether oxygens (including phenoxy) is 1. The number of halogens is 1. The highest BCUT2D eigenvalue weighted by Crippen LogP contribution is 2.18. The molecule has 0 bridgehead atoms. The third-order valence-corrected chi connectivity index (χ3v) is 4.26. The summed E-state index contributed by atoms with van der Waals surface area (Å²) in [6, 6.07) is 4.75. The molecule has 0 amide bonds. The van der Waals surface area contributed by atoms with Gasteiger partial charge in [-0.1, -0.05) is 0 Å². The summed E-state index contributed by atoms with van der Waals surface area (Å²) in [6.07, 6.45) is 2.97. The van der Waals surface area contributed by atoms with Gasteiger partial charge in [-0.2, -0.15) is 5.10 Å². The molecule has 0 spiro atoms. The third kappa shape index (κ3) is 4.62. The summed E-state index contributed by atoms with van der Waals surface area (Å²) in [5, 5.41) is 4.91. The van der Waals surface area contributed by atoms with Crippen molar-refractivity contribution in [2.24, 2.45) is 5.73 Å². The van der Waals surface area contributed by atoms with Crippen LogP contribution in [0.4, 0.5) is 4.39 Å². The molecule has 0 unspecified atom stereocenters. The molecule has 0 aliphatic heterocycles. The van der Waals surface area contributed by atoms with Crippen molar-refractivity contribution in [3.8, 4) is 5.75 Å². The first-order valence-corrected chi connectivity index (χ1v) is 9.18. The van der Waals surface area contributed by atoms with Gasteiger partial charge in [0.05, 0.1) is 30.2 Å². The lowest BCUT2D eigenvalue weighted by Gasteiger charge is -2.09. The second kappa shape index (κ2) is 7.54. The molecular weight excluding hydrogens is 337 g/mol. The van der Waals surface area contributed by atoms with Crippen LogP contribution in [0.3, 0.4) is 0 Å². The van der Waals surface area contributed by atoms with Gasteiger partial charge in [0.15, 0.2) is 0 Å². The summed E-state index contributed by atoms with van der Waals surface area (Å²) in [6.45, 7) is 0.0566. The Morgan fingerprint density at radius 1 is 1.46 bits per heavy atom. The Morgan fingerprint density at radius 3 is 2.83 bits per heavy atom. The topological polar surface area (TPSA) is 104 Å². The van der Waals surface area contributed by atoms with Crippen LogP contribution in [0.1, 0.15) is 0 Å². The maximum atomic E-state index is 12.4. The van der Waals surface area contributed by atoms with Crippen molar-refractivity contribution in [1.29, 1.82) is 0 Å². The third-order valence-electron chi connectivity index (χ3n) is 3.34. The fourth-order valence-electron chi connectivity index (χ4n) is 1.98. The number of nitrogens with zero attached hydrogens (tertiary/aromatic N) is 2. The molecule has 2 N–H and O–H groups in total. The van der Waals surface area contributed by atoms with Crippen molar-refractivity contribution < 1.29 is 17.5 Å². The standard InChI is InChI=1S/C15H18FN3O4S/c1-24(21,22)5-4-19-15(20)14-3-2-13(6-12(14)9-18-19)23-10-11(7-16)8-17/h2-3,6-7,9H,4-5,8,10,17H2,1H3. The summed E-state index contributed by atoms with van der Waals surface area (Å²) in [5.41, 5.74) is 5.28. The maximum Gasteiger partial charge on any atom is 0.274 e. The van der Waals surface area contributed by atoms with E-state index >= 15 is 0 Å². The van der Waals surface area contributed by atoms with Crippen molar-refractivity contribution in [2.75, 3.05) is 25.2 Å². The Labute approximate surface area is 138 Å². The maximum absolute atomic E-state index is 12.4. The van der Waals surface area contributed by atoms with E-state index in [1.165, 1.54) is 6.20 Å². The lowest BCUT2D eigenvalue weighted by Crippen LogP contribution is -2.26. The van der Waals surface area contributed by atoms with E-state index in [9.17, 15) is 17.6 Å². The van der Waals surface area contributed by atoms with Crippen LogP contribution in [-0.4, -0.2) is 43.4 Å². The minimum atomic E-state index is -3.19. The lowest BCUT2D eigenvalue weighted by atomic mass is 10.2. The first kappa shape index (κ1) is 18.1. The van der Waals surface area contributed by atoms with Gasteiger partial charge in [0, 0.05) is 23.8 Å². The second-order valence-corrected chi connectivity index (χ2v) is 7.57. The van der Waals surface area contributed by atoms with Gasteiger partial charge in [0.1, 0.15) is 22.2 Å². The number of hydrogen-bond donors (Lipinski definition) is 1. The van der Waals surface area contributed by atoms with E-state index in [0.29, 0.717) is 28.4 Å². The normalized spacial score (nSPS) is 12.5. The molecule has 1 aromatic heterocycles. The number of benzene rings is 1. The quantitative estimate of drug-likeness (QED) is 0.781. The number of rotatable bonds is 7. The first-order chi connectivity index (χ1) is 11.3. The molecule has 0 saturated carbocycles. The predicted molar refractivity (Wildman–Crippen MR) is 89.5 cm³/mol. The molecule has 2 rings (SSSR count). The van der Waals surface area contributed by atoms with Crippen molar-refractivity contribution in [3.63, 3.8) is 0 Å².